The molecule has 1 aromatic heterocycles. The van der Waals surface area contributed by atoms with Gasteiger partial charge in [-0.15, -0.1) is 0 Å². The highest BCUT2D eigenvalue weighted by Crippen LogP contribution is 2.39. The van der Waals surface area contributed by atoms with Crippen LogP contribution in [0.1, 0.15) is 31.8 Å². The molecule has 0 saturated carbocycles. The molecule has 5 rings (SSSR count). The molecule has 8 nitrogen and oxygen atoms in total. The second-order valence-electron chi connectivity index (χ2n) is 9.32. The van der Waals surface area contributed by atoms with E-state index in [1.165, 1.54) is 24.1 Å². The van der Waals surface area contributed by atoms with Gasteiger partial charge >= 0.3 is 12.1 Å². The monoisotopic (exact) mass is 594 g/mol. The van der Waals surface area contributed by atoms with Gasteiger partial charge in [0.25, 0.3) is 5.91 Å². The third kappa shape index (κ3) is 5.06. The van der Waals surface area contributed by atoms with Crippen molar-refractivity contribution in [3.8, 4) is 17.0 Å². The fraction of sp³-hybridized carbons (Fsp3) is 0.222. The largest absolute Gasteiger partial charge is 0.872 e. The second kappa shape index (κ2) is 10.3. The number of carbonyl (C=O) groups excluding carboxylic acids is 1. The zero-order valence-electron chi connectivity index (χ0n) is 20.9. The van der Waals surface area contributed by atoms with E-state index in [9.17, 15) is 27.9 Å². The van der Waals surface area contributed by atoms with E-state index < -0.39 is 75.3 Å². The minimum absolute atomic E-state index is 0.154. The van der Waals surface area contributed by atoms with Crippen molar-refractivity contribution >= 4 is 34.4 Å². The molecule has 0 atom stereocenters. The number of nitrogens with zero attached hydrogens (tertiary/aromatic N) is 3. The Labute approximate surface area is 233 Å². The lowest BCUT2D eigenvalue weighted by Gasteiger charge is -2.38. The number of rotatable bonds is 6. The first-order valence-corrected chi connectivity index (χ1v) is 12.3. The van der Waals surface area contributed by atoms with E-state index >= 15 is 8.78 Å². The van der Waals surface area contributed by atoms with Crippen LogP contribution in [0.15, 0.2) is 42.5 Å². The van der Waals surface area contributed by atoms with Crippen LogP contribution < -0.4 is 5.11 Å². The number of halogens is 6. The maximum absolute atomic E-state index is 15.7. The molecule has 1 N–H and O–H groups in total. The molecule has 1 amide bonds. The molecular weight excluding hydrogens is 577 g/mol. The van der Waals surface area contributed by atoms with Gasteiger partial charge in [-0.05, 0) is 30.3 Å². The quantitative estimate of drug-likeness (QED) is 0.317. The number of aromatic nitrogens is 2. The van der Waals surface area contributed by atoms with Crippen LogP contribution >= 0.6 is 11.6 Å². The summed E-state index contributed by atoms with van der Waals surface area (Å²) < 4.78 is 78.2. The first-order chi connectivity index (χ1) is 19.3. The number of alkyl halides is 3. The van der Waals surface area contributed by atoms with E-state index in [0.29, 0.717) is 12.1 Å². The predicted molar refractivity (Wildman–Crippen MR) is 134 cm³/mol. The van der Waals surface area contributed by atoms with Crippen molar-refractivity contribution in [2.45, 2.75) is 18.8 Å². The van der Waals surface area contributed by atoms with Gasteiger partial charge in [0.1, 0.15) is 17.3 Å². The highest BCUT2D eigenvalue weighted by Gasteiger charge is 2.35. The summed E-state index contributed by atoms with van der Waals surface area (Å²) in [6.07, 6.45) is -5.02. The smallest absolute Gasteiger partial charge is 0.416 e. The molecule has 0 aliphatic carbocycles. The Balaban J connectivity index is 1.72. The molecule has 0 bridgehead atoms. The van der Waals surface area contributed by atoms with E-state index in [4.69, 9.17) is 21.4 Å². The Morgan fingerprint density at radius 1 is 1.15 bits per heavy atom. The molecular formula is C27H18ClF5N3O5-. The first kappa shape index (κ1) is 28.3. The number of methoxy groups -OCH3 is 1. The predicted octanol–water partition coefficient (Wildman–Crippen LogP) is 4.94. The molecule has 1 fully saturated rings. The number of carboxylic acid groups (broad SMARTS) is 1. The van der Waals surface area contributed by atoms with Crippen LogP contribution in [0, 0.1) is 11.6 Å². The number of aromatic carboxylic acids is 1. The van der Waals surface area contributed by atoms with Crippen LogP contribution in [0.4, 0.5) is 22.0 Å². The molecule has 0 unspecified atom stereocenters. The molecule has 4 aromatic rings. The second-order valence-corrected chi connectivity index (χ2v) is 9.73. The van der Waals surface area contributed by atoms with Gasteiger partial charge in [-0.2, -0.15) is 18.3 Å². The number of amides is 1. The fourth-order valence-electron chi connectivity index (χ4n) is 4.66. The van der Waals surface area contributed by atoms with E-state index in [1.807, 2.05) is 0 Å². The van der Waals surface area contributed by atoms with Crippen molar-refractivity contribution in [1.29, 1.82) is 0 Å². The molecule has 1 aliphatic heterocycles. The number of carboxylic acids is 1. The Kier molecular flexibility index (Phi) is 7.12. The molecule has 14 heteroatoms. The molecule has 2 heterocycles. The van der Waals surface area contributed by atoms with Gasteiger partial charge in [0.15, 0.2) is 0 Å². The maximum Gasteiger partial charge on any atom is 0.416 e. The third-order valence-electron chi connectivity index (χ3n) is 6.81. The summed E-state index contributed by atoms with van der Waals surface area (Å²) in [6.45, 7) is -0.195. The van der Waals surface area contributed by atoms with Gasteiger partial charge in [-0.25, -0.2) is 13.6 Å². The number of hydrogen-bond donors (Lipinski definition) is 1. The molecule has 214 valence electrons. The van der Waals surface area contributed by atoms with Crippen molar-refractivity contribution in [2.75, 3.05) is 20.2 Å². The highest BCUT2D eigenvalue weighted by atomic mass is 35.5. The van der Waals surface area contributed by atoms with Crippen LogP contribution in [0.5, 0.6) is 5.75 Å². The van der Waals surface area contributed by atoms with Crippen LogP contribution in [-0.4, -0.2) is 58.0 Å². The number of benzene rings is 3. The number of hydrogen-bond acceptors (Lipinski definition) is 5. The van der Waals surface area contributed by atoms with Gasteiger partial charge in [0.2, 0.25) is 0 Å². The van der Waals surface area contributed by atoms with Crippen LogP contribution in [0.3, 0.4) is 0 Å². The summed E-state index contributed by atoms with van der Waals surface area (Å²) in [7, 11) is 1.47. The Bertz CT molecular complexity index is 1720. The summed E-state index contributed by atoms with van der Waals surface area (Å²) in [5.41, 5.74) is -3.79. The van der Waals surface area contributed by atoms with Gasteiger partial charge in [0.05, 0.1) is 34.7 Å². The lowest BCUT2D eigenvalue weighted by Crippen LogP contribution is -2.54. The van der Waals surface area contributed by atoms with Crippen molar-refractivity contribution in [3.05, 3.63) is 81.4 Å². The lowest BCUT2D eigenvalue weighted by atomic mass is 10.0. The van der Waals surface area contributed by atoms with Gasteiger partial charge in [0, 0.05) is 41.9 Å². The topological polar surface area (TPSA) is 108 Å². The van der Waals surface area contributed by atoms with Crippen molar-refractivity contribution in [3.63, 3.8) is 0 Å². The van der Waals surface area contributed by atoms with Gasteiger partial charge in [-0.1, -0.05) is 29.5 Å². The third-order valence-corrected chi connectivity index (χ3v) is 7.16. The average molecular weight is 595 g/mol. The fourth-order valence-corrected chi connectivity index (χ4v) is 4.89. The zero-order valence-corrected chi connectivity index (χ0v) is 21.7. The highest BCUT2D eigenvalue weighted by molar-refractivity contribution is 6.31. The normalized spacial score (nSPS) is 14.0. The molecule has 1 saturated heterocycles. The number of fused-ring (bicyclic) bond motifs is 1. The van der Waals surface area contributed by atoms with Crippen molar-refractivity contribution < 1.29 is 46.5 Å². The van der Waals surface area contributed by atoms with E-state index in [0.717, 1.165) is 22.9 Å². The summed E-state index contributed by atoms with van der Waals surface area (Å²) in [6, 6.07) is 6.26. The SMILES string of the molecule is COC1CN(C(=O)c2cc(F)c3c(-c4cc([O-])c(C(=O)O)cc4F)nn(Cc4c(Cl)cccc4C(F)(F)F)c3c2)C1. The molecule has 3 aromatic carbocycles. The van der Waals surface area contributed by atoms with Crippen molar-refractivity contribution in [1.82, 2.24) is 14.7 Å². The van der Waals surface area contributed by atoms with E-state index in [1.54, 1.807) is 0 Å². The lowest BCUT2D eigenvalue weighted by molar-refractivity contribution is -0.268. The Morgan fingerprint density at radius 3 is 2.49 bits per heavy atom. The van der Waals surface area contributed by atoms with Gasteiger partial charge < -0.3 is 19.8 Å². The first-order valence-electron chi connectivity index (χ1n) is 11.9. The van der Waals surface area contributed by atoms with E-state index in [-0.39, 0.29) is 35.3 Å². The minimum atomic E-state index is -4.82. The van der Waals surface area contributed by atoms with Crippen molar-refractivity contribution in [2.24, 2.45) is 0 Å². The standard InChI is InChI=1S/C27H19ClF5N3O5/c1-41-13-9-35(10-13)25(38)12-5-20(30)23-21(6-12)36(11-16-17(27(31,32)33)3-2-4-18(16)28)34-24(23)14-8-22(37)15(26(39)40)7-19(14)29/h2-8,13,37H,9-11H2,1H3,(H,39,40)/p-1. The summed E-state index contributed by atoms with van der Waals surface area (Å²) in [5, 5.41) is 25.0. The number of likely N-dealkylation sites (tertiary alicyclic amines) is 1. The molecule has 0 radical (unpaired) electrons. The van der Waals surface area contributed by atoms with Gasteiger partial charge in [-0.3, -0.25) is 9.48 Å². The summed E-state index contributed by atoms with van der Waals surface area (Å²) in [5.74, 6) is -5.67. The zero-order chi connectivity index (χ0) is 29.8. The maximum atomic E-state index is 15.7. The number of carbonyl (C=O) groups is 2. The minimum Gasteiger partial charge on any atom is -0.872 e. The summed E-state index contributed by atoms with van der Waals surface area (Å²) >= 11 is 6.12. The van der Waals surface area contributed by atoms with Crippen LogP contribution in [0.2, 0.25) is 5.02 Å². The van der Waals surface area contributed by atoms with Crippen LogP contribution in [-0.2, 0) is 17.5 Å². The number of ether oxygens (including phenoxy) is 1. The Hall–Kier alpha value is -4.23. The van der Waals surface area contributed by atoms with E-state index in [2.05, 4.69) is 5.10 Å². The van der Waals surface area contributed by atoms with Crippen LogP contribution in [0.25, 0.3) is 22.2 Å². The molecule has 0 spiro atoms. The average Bonchev–Trinajstić information content (AvgIpc) is 3.23. The molecule has 1 aliphatic rings. The Morgan fingerprint density at radius 2 is 1.85 bits per heavy atom. The molecule has 41 heavy (non-hydrogen) atoms. The summed E-state index contributed by atoms with van der Waals surface area (Å²) in [4.78, 5) is 25.7.